The number of rotatable bonds is 3. The maximum atomic E-state index is 9.78. The minimum absolute atomic E-state index is 0.487. The number of nitrogens with zero attached hydrogens (tertiary/aromatic N) is 5. The Morgan fingerprint density at radius 3 is 2.55 bits per heavy atom. The Labute approximate surface area is 169 Å². The number of fused-ring (bicyclic) bond motifs is 1. The first-order valence-electron chi connectivity index (χ1n) is 9.97. The summed E-state index contributed by atoms with van der Waals surface area (Å²) in [5.41, 5.74) is 4.77. The number of pyridine rings is 1. The van der Waals surface area contributed by atoms with Crippen LogP contribution in [0.4, 0.5) is 5.69 Å². The van der Waals surface area contributed by atoms with E-state index in [9.17, 15) is 5.26 Å². The molecule has 5 nitrogen and oxygen atoms in total. The Balaban J connectivity index is 1.51. The lowest BCUT2D eigenvalue weighted by Gasteiger charge is -2.34. The zero-order valence-corrected chi connectivity index (χ0v) is 16.1. The van der Waals surface area contributed by atoms with Gasteiger partial charge in [-0.1, -0.05) is 30.3 Å². The number of nitriles is 1. The van der Waals surface area contributed by atoms with Crippen molar-refractivity contribution in [2.45, 2.75) is 18.8 Å². The van der Waals surface area contributed by atoms with Gasteiger partial charge < -0.3 is 4.90 Å². The summed E-state index contributed by atoms with van der Waals surface area (Å²) in [5.74, 6) is 0.487. The SMILES string of the molecule is N#Cc1cccc(N2CCC(c3ccccn3)CC2)c1-n1ncc2ccccc21. The summed E-state index contributed by atoms with van der Waals surface area (Å²) in [7, 11) is 0. The molecule has 5 rings (SSSR count). The fourth-order valence-corrected chi connectivity index (χ4v) is 4.28. The third kappa shape index (κ3) is 3.13. The highest BCUT2D eigenvalue weighted by Gasteiger charge is 2.25. The Morgan fingerprint density at radius 1 is 0.931 bits per heavy atom. The van der Waals surface area contributed by atoms with Crippen LogP contribution < -0.4 is 4.90 Å². The predicted octanol–water partition coefficient (Wildman–Crippen LogP) is 4.68. The first-order chi connectivity index (χ1) is 14.3. The van der Waals surface area contributed by atoms with Gasteiger partial charge in [-0.2, -0.15) is 10.4 Å². The van der Waals surface area contributed by atoms with Crippen LogP contribution in [0.3, 0.4) is 0 Å². The third-order valence-electron chi connectivity index (χ3n) is 5.77. The molecule has 1 saturated heterocycles. The van der Waals surface area contributed by atoms with E-state index in [-0.39, 0.29) is 0 Å². The third-order valence-corrected chi connectivity index (χ3v) is 5.77. The van der Waals surface area contributed by atoms with Crippen LogP contribution in [0.1, 0.15) is 30.0 Å². The molecule has 4 aromatic rings. The predicted molar refractivity (Wildman–Crippen MR) is 114 cm³/mol. The molecule has 0 atom stereocenters. The van der Waals surface area contributed by atoms with Crippen molar-refractivity contribution in [3.05, 3.63) is 84.3 Å². The Bertz CT molecular complexity index is 1180. The van der Waals surface area contributed by atoms with E-state index >= 15 is 0 Å². The van der Waals surface area contributed by atoms with E-state index < -0.39 is 0 Å². The van der Waals surface area contributed by atoms with Gasteiger partial charge in [-0.15, -0.1) is 0 Å². The summed E-state index contributed by atoms with van der Waals surface area (Å²) >= 11 is 0. The fourth-order valence-electron chi connectivity index (χ4n) is 4.28. The lowest BCUT2D eigenvalue weighted by atomic mass is 9.92. The zero-order valence-electron chi connectivity index (χ0n) is 16.1. The molecular formula is C24H21N5. The summed E-state index contributed by atoms with van der Waals surface area (Å²) < 4.78 is 1.91. The van der Waals surface area contributed by atoms with Crippen molar-refractivity contribution < 1.29 is 0 Å². The fraction of sp³-hybridized carbons (Fsp3) is 0.208. The lowest BCUT2D eigenvalue weighted by Crippen LogP contribution is -2.34. The summed E-state index contributed by atoms with van der Waals surface area (Å²) in [4.78, 5) is 6.93. The van der Waals surface area contributed by atoms with Crippen molar-refractivity contribution in [2.75, 3.05) is 18.0 Å². The van der Waals surface area contributed by atoms with Crippen LogP contribution in [-0.4, -0.2) is 27.9 Å². The van der Waals surface area contributed by atoms with Gasteiger partial charge in [0.15, 0.2) is 0 Å². The summed E-state index contributed by atoms with van der Waals surface area (Å²) in [6, 6.07) is 22.6. The van der Waals surface area contributed by atoms with Crippen molar-refractivity contribution in [3.63, 3.8) is 0 Å². The molecule has 2 aromatic carbocycles. The highest BCUT2D eigenvalue weighted by Crippen LogP contribution is 2.34. The first-order valence-corrected chi connectivity index (χ1v) is 9.97. The van der Waals surface area contributed by atoms with E-state index in [0.29, 0.717) is 11.5 Å². The second-order valence-electron chi connectivity index (χ2n) is 7.42. The number of para-hydroxylation sites is 2. The van der Waals surface area contributed by atoms with E-state index in [0.717, 1.165) is 48.2 Å². The first kappa shape index (κ1) is 17.4. The van der Waals surface area contributed by atoms with E-state index in [1.165, 1.54) is 5.69 Å². The molecular weight excluding hydrogens is 358 g/mol. The summed E-state index contributed by atoms with van der Waals surface area (Å²) in [6.07, 6.45) is 5.83. The molecule has 0 saturated carbocycles. The average molecular weight is 379 g/mol. The standard InChI is InChI=1S/C24H21N5/c25-16-19-7-5-10-23(24(19)29-22-9-2-1-6-20(22)17-27-29)28-14-11-18(12-15-28)21-8-3-4-13-26-21/h1-10,13,17-18H,11-12,14-15H2. The molecule has 0 radical (unpaired) electrons. The van der Waals surface area contributed by atoms with Crippen molar-refractivity contribution in [2.24, 2.45) is 0 Å². The van der Waals surface area contributed by atoms with Crippen LogP contribution >= 0.6 is 0 Å². The minimum Gasteiger partial charge on any atom is -0.370 e. The van der Waals surface area contributed by atoms with Crippen LogP contribution in [0.2, 0.25) is 0 Å². The van der Waals surface area contributed by atoms with Gasteiger partial charge in [-0.3, -0.25) is 4.98 Å². The molecule has 2 aromatic heterocycles. The second kappa shape index (κ2) is 7.40. The number of hydrogen-bond donors (Lipinski definition) is 0. The van der Waals surface area contributed by atoms with Gasteiger partial charge in [-0.25, -0.2) is 4.68 Å². The Hall–Kier alpha value is -3.65. The maximum Gasteiger partial charge on any atom is 0.106 e. The molecule has 0 bridgehead atoms. The number of anilines is 1. The van der Waals surface area contributed by atoms with Crippen molar-refractivity contribution >= 4 is 16.6 Å². The molecule has 5 heteroatoms. The molecule has 1 fully saturated rings. The molecule has 0 N–H and O–H groups in total. The number of aromatic nitrogens is 3. The molecule has 1 aliphatic rings. The Morgan fingerprint density at radius 2 is 1.76 bits per heavy atom. The average Bonchev–Trinajstić information content (AvgIpc) is 3.23. The molecule has 3 heterocycles. The largest absolute Gasteiger partial charge is 0.370 e. The minimum atomic E-state index is 0.487. The van der Waals surface area contributed by atoms with Crippen molar-refractivity contribution in [1.29, 1.82) is 5.26 Å². The molecule has 0 unspecified atom stereocenters. The molecule has 142 valence electrons. The molecule has 0 amide bonds. The quantitative estimate of drug-likeness (QED) is 0.519. The van der Waals surface area contributed by atoms with Gasteiger partial charge in [0.25, 0.3) is 0 Å². The van der Waals surface area contributed by atoms with Crippen LogP contribution in [-0.2, 0) is 0 Å². The van der Waals surface area contributed by atoms with Crippen LogP contribution in [0, 0.1) is 11.3 Å². The molecule has 29 heavy (non-hydrogen) atoms. The summed E-state index contributed by atoms with van der Waals surface area (Å²) in [5, 5.41) is 15.5. The molecule has 1 aliphatic heterocycles. The van der Waals surface area contributed by atoms with Crippen LogP contribution in [0.25, 0.3) is 16.6 Å². The van der Waals surface area contributed by atoms with Crippen molar-refractivity contribution in [1.82, 2.24) is 14.8 Å². The van der Waals surface area contributed by atoms with E-state index in [1.54, 1.807) is 0 Å². The van der Waals surface area contributed by atoms with E-state index in [2.05, 4.69) is 39.3 Å². The van der Waals surface area contributed by atoms with E-state index in [4.69, 9.17) is 0 Å². The van der Waals surface area contributed by atoms with Gasteiger partial charge in [0, 0.05) is 36.3 Å². The van der Waals surface area contributed by atoms with Crippen LogP contribution in [0.5, 0.6) is 0 Å². The maximum absolute atomic E-state index is 9.78. The number of hydrogen-bond acceptors (Lipinski definition) is 4. The number of piperidine rings is 1. The summed E-state index contributed by atoms with van der Waals surface area (Å²) in [6.45, 7) is 1.87. The topological polar surface area (TPSA) is 57.7 Å². The number of benzene rings is 2. The Kier molecular flexibility index (Phi) is 4.45. The van der Waals surface area contributed by atoms with Gasteiger partial charge in [0.05, 0.1) is 23.0 Å². The van der Waals surface area contributed by atoms with Gasteiger partial charge >= 0.3 is 0 Å². The zero-order chi connectivity index (χ0) is 19.6. The van der Waals surface area contributed by atoms with Crippen LogP contribution in [0.15, 0.2) is 73.1 Å². The van der Waals surface area contributed by atoms with Gasteiger partial charge in [0.2, 0.25) is 0 Å². The van der Waals surface area contributed by atoms with Crippen molar-refractivity contribution in [3.8, 4) is 11.8 Å². The van der Waals surface area contributed by atoms with E-state index in [1.807, 2.05) is 59.5 Å². The molecule has 0 aliphatic carbocycles. The smallest absolute Gasteiger partial charge is 0.106 e. The normalized spacial score (nSPS) is 14.8. The monoisotopic (exact) mass is 379 g/mol. The van der Waals surface area contributed by atoms with Gasteiger partial charge in [0.1, 0.15) is 11.8 Å². The highest BCUT2D eigenvalue weighted by molar-refractivity contribution is 5.83. The second-order valence-corrected chi connectivity index (χ2v) is 7.42. The lowest BCUT2D eigenvalue weighted by molar-refractivity contribution is 0.496. The highest BCUT2D eigenvalue weighted by atomic mass is 15.3. The molecule has 0 spiro atoms. The van der Waals surface area contributed by atoms with Gasteiger partial charge in [-0.05, 0) is 43.2 Å².